The van der Waals surface area contributed by atoms with Crippen LogP contribution in [0, 0.1) is 5.82 Å². The average Bonchev–Trinajstić information content (AvgIpc) is 2.71. The van der Waals surface area contributed by atoms with Gasteiger partial charge in [0, 0.05) is 11.3 Å². The Morgan fingerprint density at radius 1 is 0.967 bits per heavy atom. The zero-order valence-corrected chi connectivity index (χ0v) is 16.8. The highest BCUT2D eigenvalue weighted by Crippen LogP contribution is 2.24. The maximum Gasteiger partial charge on any atom is 0.261 e. The second-order valence-electron chi connectivity index (χ2n) is 6.13. The summed E-state index contributed by atoms with van der Waals surface area (Å²) in [5.74, 6) is -2.46. The van der Waals surface area contributed by atoms with E-state index in [9.17, 15) is 22.4 Å². The molecule has 0 bridgehead atoms. The van der Waals surface area contributed by atoms with Crippen LogP contribution in [0.25, 0.3) is 0 Å². The minimum absolute atomic E-state index is 0.0296. The monoisotopic (exact) mass is 447 g/mol. The lowest BCUT2D eigenvalue weighted by Gasteiger charge is -2.11. The summed E-state index contributed by atoms with van der Waals surface area (Å²) < 4.78 is 41.2. The number of amides is 2. The maximum absolute atomic E-state index is 13.6. The Hall–Kier alpha value is -3.43. The van der Waals surface area contributed by atoms with Crippen LogP contribution >= 0.6 is 11.6 Å². The molecule has 30 heavy (non-hydrogen) atoms. The molecule has 0 aliphatic heterocycles. The molecule has 154 valence electrons. The van der Waals surface area contributed by atoms with Gasteiger partial charge in [-0.25, -0.2) is 12.8 Å². The molecule has 0 fully saturated rings. The van der Waals surface area contributed by atoms with Gasteiger partial charge in [-0.05, 0) is 48.5 Å². The van der Waals surface area contributed by atoms with Crippen molar-refractivity contribution < 1.29 is 22.4 Å². The number of hydrogen-bond donors (Lipinski definition) is 3. The van der Waals surface area contributed by atoms with E-state index in [1.807, 2.05) is 0 Å². The van der Waals surface area contributed by atoms with Crippen molar-refractivity contribution in [2.75, 3.05) is 10.0 Å². The van der Waals surface area contributed by atoms with Gasteiger partial charge in [-0.2, -0.15) is 0 Å². The molecular formula is C20H15ClFN3O4S. The second-order valence-corrected chi connectivity index (χ2v) is 8.22. The van der Waals surface area contributed by atoms with Crippen LogP contribution in [0.4, 0.5) is 15.8 Å². The van der Waals surface area contributed by atoms with Crippen molar-refractivity contribution in [3.63, 3.8) is 0 Å². The summed E-state index contributed by atoms with van der Waals surface area (Å²) in [6, 6.07) is 14.9. The lowest BCUT2D eigenvalue weighted by Crippen LogP contribution is -2.17. The number of sulfonamides is 1. The van der Waals surface area contributed by atoms with Crippen molar-refractivity contribution >= 4 is 44.8 Å². The first-order chi connectivity index (χ1) is 14.2. The predicted molar refractivity (Wildman–Crippen MR) is 112 cm³/mol. The zero-order valence-electron chi connectivity index (χ0n) is 15.2. The number of carbonyl (C=O) groups excluding carboxylic acids is 2. The molecule has 10 heteroatoms. The van der Waals surface area contributed by atoms with Crippen molar-refractivity contribution in [1.29, 1.82) is 0 Å². The first-order valence-corrected chi connectivity index (χ1v) is 10.3. The number of halogens is 2. The lowest BCUT2D eigenvalue weighted by molar-refractivity contribution is 0.0992. The number of carbonyl (C=O) groups is 2. The van der Waals surface area contributed by atoms with E-state index in [1.165, 1.54) is 42.5 Å². The number of hydrogen-bond acceptors (Lipinski definition) is 4. The van der Waals surface area contributed by atoms with Crippen molar-refractivity contribution in [2.45, 2.75) is 4.90 Å². The Morgan fingerprint density at radius 3 is 2.40 bits per heavy atom. The van der Waals surface area contributed by atoms with Gasteiger partial charge in [-0.1, -0.05) is 29.8 Å². The van der Waals surface area contributed by atoms with Gasteiger partial charge in [-0.15, -0.1) is 0 Å². The van der Waals surface area contributed by atoms with Gasteiger partial charge in [0.15, 0.2) is 0 Å². The first kappa shape index (κ1) is 21.3. The number of nitrogens with one attached hydrogen (secondary N) is 2. The second kappa shape index (κ2) is 8.52. The summed E-state index contributed by atoms with van der Waals surface area (Å²) >= 11 is 5.99. The smallest absolute Gasteiger partial charge is 0.261 e. The Balaban J connectivity index is 1.84. The third-order valence-corrected chi connectivity index (χ3v) is 5.71. The molecule has 0 aliphatic rings. The van der Waals surface area contributed by atoms with Crippen molar-refractivity contribution in [3.8, 4) is 0 Å². The molecule has 3 rings (SSSR count). The SMILES string of the molecule is NC(=O)c1cc(NC(=O)c2cccc(S(=O)(=O)Nc3ccccc3Cl)c2)ccc1F. The van der Waals surface area contributed by atoms with E-state index < -0.39 is 27.7 Å². The zero-order chi connectivity index (χ0) is 21.9. The number of anilines is 2. The van der Waals surface area contributed by atoms with Gasteiger partial charge in [0.2, 0.25) is 0 Å². The Kier molecular flexibility index (Phi) is 6.04. The summed E-state index contributed by atoms with van der Waals surface area (Å²) in [6.07, 6.45) is 0. The van der Waals surface area contributed by atoms with Crippen LogP contribution in [-0.4, -0.2) is 20.2 Å². The van der Waals surface area contributed by atoms with Gasteiger partial charge < -0.3 is 11.1 Å². The van der Waals surface area contributed by atoms with Gasteiger partial charge >= 0.3 is 0 Å². The Bertz CT molecular complexity index is 1250. The maximum atomic E-state index is 13.6. The standard InChI is InChI=1S/C20H15ClFN3O4S/c21-16-6-1-2-7-18(16)25-30(28,29)14-5-3-4-12(10-14)20(27)24-13-8-9-17(22)15(11-13)19(23)26/h1-11,25H,(H2,23,26)(H,24,27). The minimum Gasteiger partial charge on any atom is -0.366 e. The molecule has 7 nitrogen and oxygen atoms in total. The summed E-state index contributed by atoms with van der Waals surface area (Å²) in [4.78, 5) is 23.6. The van der Waals surface area contributed by atoms with E-state index in [-0.39, 0.29) is 32.4 Å². The van der Waals surface area contributed by atoms with E-state index in [4.69, 9.17) is 17.3 Å². The van der Waals surface area contributed by atoms with Gasteiger partial charge in [0.1, 0.15) is 5.82 Å². The molecule has 0 spiro atoms. The third-order valence-electron chi connectivity index (χ3n) is 4.01. The molecular weight excluding hydrogens is 433 g/mol. The molecule has 0 saturated heterocycles. The lowest BCUT2D eigenvalue weighted by atomic mass is 10.1. The highest BCUT2D eigenvalue weighted by atomic mass is 35.5. The summed E-state index contributed by atoms with van der Waals surface area (Å²) in [7, 11) is -4.01. The van der Waals surface area contributed by atoms with Crippen molar-refractivity contribution in [3.05, 3.63) is 88.7 Å². The van der Waals surface area contributed by atoms with E-state index >= 15 is 0 Å². The highest BCUT2D eigenvalue weighted by molar-refractivity contribution is 7.92. The largest absolute Gasteiger partial charge is 0.366 e. The molecule has 3 aromatic rings. The number of para-hydroxylation sites is 1. The van der Waals surface area contributed by atoms with Crippen LogP contribution in [0.5, 0.6) is 0 Å². The predicted octanol–water partition coefficient (Wildman–Crippen LogP) is 3.63. The first-order valence-electron chi connectivity index (χ1n) is 8.45. The molecule has 0 saturated carbocycles. The molecule has 0 aliphatic carbocycles. The third kappa shape index (κ3) is 4.76. The highest BCUT2D eigenvalue weighted by Gasteiger charge is 2.18. The van der Waals surface area contributed by atoms with Crippen LogP contribution in [0.1, 0.15) is 20.7 Å². The topological polar surface area (TPSA) is 118 Å². The van der Waals surface area contributed by atoms with E-state index in [1.54, 1.807) is 12.1 Å². The van der Waals surface area contributed by atoms with Gasteiger partial charge in [0.05, 0.1) is 21.2 Å². The molecule has 2 amide bonds. The molecule has 0 radical (unpaired) electrons. The summed E-state index contributed by atoms with van der Waals surface area (Å²) in [6.45, 7) is 0. The summed E-state index contributed by atoms with van der Waals surface area (Å²) in [5, 5.41) is 2.69. The van der Waals surface area contributed by atoms with Crippen molar-refractivity contribution in [2.24, 2.45) is 5.73 Å². The van der Waals surface area contributed by atoms with Crippen LogP contribution < -0.4 is 15.8 Å². The van der Waals surface area contributed by atoms with Crippen molar-refractivity contribution in [1.82, 2.24) is 0 Å². The molecule has 0 atom stereocenters. The normalized spacial score (nSPS) is 11.0. The van der Waals surface area contributed by atoms with E-state index in [0.29, 0.717) is 0 Å². The van der Waals surface area contributed by atoms with E-state index in [0.717, 1.165) is 12.1 Å². The molecule has 3 aromatic carbocycles. The number of rotatable bonds is 6. The number of primary amides is 1. The molecule has 0 aromatic heterocycles. The van der Waals surface area contributed by atoms with Crippen LogP contribution in [0.2, 0.25) is 5.02 Å². The number of benzene rings is 3. The van der Waals surface area contributed by atoms with Crippen LogP contribution in [0.15, 0.2) is 71.6 Å². The minimum atomic E-state index is -4.01. The fourth-order valence-electron chi connectivity index (χ4n) is 2.55. The Labute approximate surface area is 176 Å². The fourth-order valence-corrected chi connectivity index (χ4v) is 3.91. The van der Waals surface area contributed by atoms with Gasteiger partial charge in [0.25, 0.3) is 21.8 Å². The molecule has 4 N–H and O–H groups in total. The summed E-state index contributed by atoms with van der Waals surface area (Å²) in [5.41, 5.74) is 5.06. The number of nitrogens with two attached hydrogens (primary N) is 1. The van der Waals surface area contributed by atoms with E-state index in [2.05, 4.69) is 10.0 Å². The molecule has 0 heterocycles. The van der Waals surface area contributed by atoms with Crippen LogP contribution in [-0.2, 0) is 10.0 Å². The quantitative estimate of drug-likeness (QED) is 0.534. The molecule has 0 unspecified atom stereocenters. The Morgan fingerprint density at radius 2 is 1.70 bits per heavy atom. The average molecular weight is 448 g/mol. The van der Waals surface area contributed by atoms with Gasteiger partial charge in [-0.3, -0.25) is 14.3 Å². The van der Waals surface area contributed by atoms with Crippen LogP contribution in [0.3, 0.4) is 0 Å². The fraction of sp³-hybridized carbons (Fsp3) is 0.